The molecule has 1 heterocycles. The lowest BCUT2D eigenvalue weighted by Crippen LogP contribution is -2.48. The minimum atomic E-state index is 0.0146. The van der Waals surface area contributed by atoms with Gasteiger partial charge >= 0.3 is 0 Å². The fourth-order valence-corrected chi connectivity index (χ4v) is 2.22. The van der Waals surface area contributed by atoms with Gasteiger partial charge in [-0.25, -0.2) is 0 Å². The van der Waals surface area contributed by atoms with Gasteiger partial charge in [0.25, 0.3) is 0 Å². The maximum Gasteiger partial charge on any atom is 0.237 e. The number of amides is 1. The number of hydrogen-bond donors (Lipinski definition) is 2. The van der Waals surface area contributed by atoms with Crippen LogP contribution in [0.2, 0.25) is 0 Å². The van der Waals surface area contributed by atoms with Gasteiger partial charge in [0.05, 0.1) is 6.04 Å². The van der Waals surface area contributed by atoms with E-state index in [1.165, 1.54) is 12.8 Å². The molecule has 1 aliphatic heterocycles. The molecule has 0 bridgehead atoms. The first-order chi connectivity index (χ1) is 8.27. The lowest BCUT2D eigenvalue weighted by Gasteiger charge is -2.28. The van der Waals surface area contributed by atoms with Crippen LogP contribution in [0.1, 0.15) is 39.5 Å². The molecule has 0 aromatic rings. The Morgan fingerprint density at radius 2 is 2.29 bits per heavy atom. The van der Waals surface area contributed by atoms with Crippen molar-refractivity contribution < 1.29 is 9.53 Å². The van der Waals surface area contributed by atoms with E-state index in [-0.39, 0.29) is 11.9 Å². The predicted molar refractivity (Wildman–Crippen MR) is 68.9 cm³/mol. The monoisotopic (exact) mass is 242 g/mol. The lowest BCUT2D eigenvalue weighted by molar-refractivity contribution is -0.124. The van der Waals surface area contributed by atoms with Crippen molar-refractivity contribution in [3.8, 4) is 0 Å². The molecule has 17 heavy (non-hydrogen) atoms. The SMILES string of the molecule is CCOCCCNC(=O)C1CC(CC)CCN1. The van der Waals surface area contributed by atoms with Crippen molar-refractivity contribution in [3.63, 3.8) is 0 Å². The van der Waals surface area contributed by atoms with Gasteiger partial charge in [-0.15, -0.1) is 0 Å². The summed E-state index contributed by atoms with van der Waals surface area (Å²) in [6.45, 7) is 7.34. The maximum absolute atomic E-state index is 11.9. The first kappa shape index (κ1) is 14.5. The van der Waals surface area contributed by atoms with Gasteiger partial charge < -0.3 is 15.4 Å². The highest BCUT2D eigenvalue weighted by atomic mass is 16.5. The van der Waals surface area contributed by atoms with Gasteiger partial charge in [0.1, 0.15) is 0 Å². The summed E-state index contributed by atoms with van der Waals surface area (Å²) < 4.78 is 5.23. The number of hydrogen-bond acceptors (Lipinski definition) is 3. The van der Waals surface area contributed by atoms with Crippen LogP contribution in [0, 0.1) is 5.92 Å². The molecule has 100 valence electrons. The second-order valence-electron chi connectivity index (χ2n) is 4.65. The van der Waals surface area contributed by atoms with Crippen molar-refractivity contribution in [1.29, 1.82) is 0 Å². The summed E-state index contributed by atoms with van der Waals surface area (Å²) in [4.78, 5) is 11.9. The number of piperidine rings is 1. The van der Waals surface area contributed by atoms with Crippen LogP contribution in [-0.4, -0.2) is 38.3 Å². The molecule has 0 spiro atoms. The summed E-state index contributed by atoms with van der Waals surface area (Å²) in [7, 11) is 0. The molecule has 2 unspecified atom stereocenters. The maximum atomic E-state index is 11.9. The highest BCUT2D eigenvalue weighted by molar-refractivity contribution is 5.81. The van der Waals surface area contributed by atoms with E-state index in [0.29, 0.717) is 12.5 Å². The number of rotatable bonds is 7. The number of ether oxygens (including phenoxy) is 1. The van der Waals surface area contributed by atoms with E-state index in [1.54, 1.807) is 0 Å². The highest BCUT2D eigenvalue weighted by Gasteiger charge is 2.25. The molecular formula is C13H26N2O2. The van der Waals surface area contributed by atoms with Gasteiger partial charge in [0.15, 0.2) is 0 Å². The predicted octanol–water partition coefficient (Wildman–Crippen LogP) is 1.31. The Kier molecular flexibility index (Phi) is 7.21. The van der Waals surface area contributed by atoms with Crippen molar-refractivity contribution in [3.05, 3.63) is 0 Å². The summed E-state index contributed by atoms with van der Waals surface area (Å²) in [6, 6.07) is 0.0146. The molecule has 2 atom stereocenters. The molecule has 1 fully saturated rings. The molecule has 4 heteroatoms. The fourth-order valence-electron chi connectivity index (χ4n) is 2.22. The highest BCUT2D eigenvalue weighted by Crippen LogP contribution is 2.19. The van der Waals surface area contributed by atoms with Crippen LogP contribution in [0.3, 0.4) is 0 Å². The van der Waals surface area contributed by atoms with E-state index in [9.17, 15) is 4.79 Å². The third kappa shape index (κ3) is 5.50. The lowest BCUT2D eigenvalue weighted by atomic mass is 9.90. The van der Waals surface area contributed by atoms with E-state index in [1.807, 2.05) is 6.92 Å². The van der Waals surface area contributed by atoms with Crippen LogP contribution in [0.15, 0.2) is 0 Å². The van der Waals surface area contributed by atoms with E-state index in [0.717, 1.165) is 32.6 Å². The molecule has 4 nitrogen and oxygen atoms in total. The third-order valence-electron chi connectivity index (χ3n) is 3.38. The molecule has 0 aromatic carbocycles. The Morgan fingerprint density at radius 3 is 3.00 bits per heavy atom. The summed E-state index contributed by atoms with van der Waals surface area (Å²) in [6.07, 6.45) is 4.25. The molecule has 1 saturated heterocycles. The van der Waals surface area contributed by atoms with Crippen LogP contribution >= 0.6 is 0 Å². The van der Waals surface area contributed by atoms with Crippen molar-refractivity contribution in [2.45, 2.75) is 45.6 Å². The second-order valence-corrected chi connectivity index (χ2v) is 4.65. The molecule has 1 rings (SSSR count). The van der Waals surface area contributed by atoms with Crippen LogP contribution in [0.5, 0.6) is 0 Å². The Balaban J connectivity index is 2.14. The second kappa shape index (κ2) is 8.48. The van der Waals surface area contributed by atoms with E-state index in [4.69, 9.17) is 4.74 Å². The molecule has 0 radical (unpaired) electrons. The molecule has 0 aliphatic carbocycles. The molecular weight excluding hydrogens is 216 g/mol. The zero-order valence-electron chi connectivity index (χ0n) is 11.1. The average Bonchev–Trinajstić information content (AvgIpc) is 2.38. The van der Waals surface area contributed by atoms with E-state index >= 15 is 0 Å². The first-order valence-corrected chi connectivity index (χ1v) is 6.86. The van der Waals surface area contributed by atoms with E-state index < -0.39 is 0 Å². The Bertz CT molecular complexity index is 221. The van der Waals surface area contributed by atoms with Crippen molar-refractivity contribution in [1.82, 2.24) is 10.6 Å². The number of carbonyl (C=O) groups excluding carboxylic acids is 1. The summed E-state index contributed by atoms with van der Waals surface area (Å²) in [5.41, 5.74) is 0. The quantitative estimate of drug-likeness (QED) is 0.662. The largest absolute Gasteiger partial charge is 0.382 e. The van der Waals surface area contributed by atoms with E-state index in [2.05, 4.69) is 17.6 Å². The fraction of sp³-hybridized carbons (Fsp3) is 0.923. The summed E-state index contributed by atoms with van der Waals surface area (Å²) in [5, 5.41) is 6.27. The first-order valence-electron chi connectivity index (χ1n) is 6.86. The number of carbonyl (C=O) groups is 1. The van der Waals surface area contributed by atoms with Crippen LogP contribution < -0.4 is 10.6 Å². The van der Waals surface area contributed by atoms with Crippen molar-refractivity contribution >= 4 is 5.91 Å². The third-order valence-corrected chi connectivity index (χ3v) is 3.38. The van der Waals surface area contributed by atoms with Crippen molar-refractivity contribution in [2.24, 2.45) is 5.92 Å². The average molecular weight is 242 g/mol. The van der Waals surface area contributed by atoms with Crippen LogP contribution in [0.4, 0.5) is 0 Å². The zero-order chi connectivity index (χ0) is 12.5. The standard InChI is InChI=1S/C13H26N2O2/c1-3-11-6-8-14-12(10-11)13(16)15-7-5-9-17-4-2/h11-12,14H,3-10H2,1-2H3,(H,15,16). The van der Waals surface area contributed by atoms with Gasteiger partial charge in [0.2, 0.25) is 5.91 Å². The Labute approximate surface area is 104 Å². The normalized spacial score (nSPS) is 24.6. The minimum absolute atomic E-state index is 0.0146. The Morgan fingerprint density at radius 1 is 1.47 bits per heavy atom. The summed E-state index contributed by atoms with van der Waals surface area (Å²) in [5.74, 6) is 0.857. The topological polar surface area (TPSA) is 50.4 Å². The molecule has 1 amide bonds. The van der Waals surface area contributed by atoms with Gasteiger partial charge in [-0.2, -0.15) is 0 Å². The van der Waals surface area contributed by atoms with Gasteiger partial charge in [-0.1, -0.05) is 13.3 Å². The van der Waals surface area contributed by atoms with Gasteiger partial charge in [-0.05, 0) is 38.6 Å². The summed E-state index contributed by atoms with van der Waals surface area (Å²) >= 11 is 0. The number of nitrogens with one attached hydrogen (secondary N) is 2. The molecule has 0 aromatic heterocycles. The molecule has 1 aliphatic rings. The zero-order valence-corrected chi connectivity index (χ0v) is 11.1. The molecule has 0 saturated carbocycles. The smallest absolute Gasteiger partial charge is 0.237 e. The Hall–Kier alpha value is -0.610. The molecule has 2 N–H and O–H groups in total. The van der Waals surface area contributed by atoms with Crippen LogP contribution in [0.25, 0.3) is 0 Å². The minimum Gasteiger partial charge on any atom is -0.382 e. The van der Waals surface area contributed by atoms with Gasteiger partial charge in [0, 0.05) is 19.8 Å². The van der Waals surface area contributed by atoms with Crippen LogP contribution in [-0.2, 0) is 9.53 Å². The van der Waals surface area contributed by atoms with Gasteiger partial charge in [-0.3, -0.25) is 4.79 Å². The van der Waals surface area contributed by atoms with Crippen molar-refractivity contribution in [2.75, 3.05) is 26.3 Å².